The molecular formula is C18H28N2OS. The van der Waals surface area contributed by atoms with Gasteiger partial charge in [-0.15, -0.1) is 11.3 Å². The Labute approximate surface area is 138 Å². The van der Waals surface area contributed by atoms with Crippen molar-refractivity contribution in [3.63, 3.8) is 0 Å². The third-order valence-corrected chi connectivity index (χ3v) is 4.18. The van der Waals surface area contributed by atoms with Gasteiger partial charge in [0.05, 0.1) is 12.3 Å². The number of ether oxygens (including phenoxy) is 1. The van der Waals surface area contributed by atoms with Crippen molar-refractivity contribution in [2.75, 3.05) is 19.0 Å². The minimum Gasteiger partial charge on any atom is -0.383 e. The number of nitrogens with one attached hydrogen (secondary N) is 1. The van der Waals surface area contributed by atoms with Crippen LogP contribution in [0.3, 0.4) is 0 Å². The standard InChI is InChI=1S/C16H22N2OS.C2H6/c1-10-6-12(3)14(7-11(10)2)15-9-20-16(18-15)17-13(4)8-19-5;1-2/h6-7,9,13H,8H2,1-5H3,(H,17,18);1-2H3. The fourth-order valence-electron chi connectivity index (χ4n) is 2.20. The highest BCUT2D eigenvalue weighted by molar-refractivity contribution is 7.14. The van der Waals surface area contributed by atoms with Crippen molar-refractivity contribution in [3.05, 3.63) is 34.2 Å². The summed E-state index contributed by atoms with van der Waals surface area (Å²) in [5.74, 6) is 0. The van der Waals surface area contributed by atoms with Gasteiger partial charge in [-0.25, -0.2) is 4.98 Å². The Morgan fingerprint density at radius 2 is 1.77 bits per heavy atom. The first kappa shape index (κ1) is 18.7. The normalized spacial score (nSPS) is 11.6. The fraction of sp³-hybridized carbons (Fsp3) is 0.500. The van der Waals surface area contributed by atoms with Crippen molar-refractivity contribution in [1.29, 1.82) is 0 Å². The van der Waals surface area contributed by atoms with Crippen molar-refractivity contribution < 1.29 is 4.74 Å². The van der Waals surface area contributed by atoms with Crippen molar-refractivity contribution in [1.82, 2.24) is 4.98 Å². The van der Waals surface area contributed by atoms with E-state index < -0.39 is 0 Å². The smallest absolute Gasteiger partial charge is 0.183 e. The van der Waals surface area contributed by atoms with Crippen LogP contribution in [0.5, 0.6) is 0 Å². The average molecular weight is 321 g/mol. The Kier molecular flexibility index (Phi) is 7.56. The number of hydrogen-bond acceptors (Lipinski definition) is 4. The summed E-state index contributed by atoms with van der Waals surface area (Å²) in [6.07, 6.45) is 0. The van der Waals surface area contributed by atoms with E-state index in [4.69, 9.17) is 4.74 Å². The van der Waals surface area contributed by atoms with Gasteiger partial charge in [0, 0.05) is 24.1 Å². The van der Waals surface area contributed by atoms with Gasteiger partial charge in [-0.2, -0.15) is 0 Å². The lowest BCUT2D eigenvalue weighted by Gasteiger charge is -2.11. The van der Waals surface area contributed by atoms with E-state index in [-0.39, 0.29) is 6.04 Å². The maximum Gasteiger partial charge on any atom is 0.183 e. The number of methoxy groups -OCH3 is 1. The number of benzene rings is 1. The molecule has 0 aliphatic heterocycles. The van der Waals surface area contributed by atoms with Gasteiger partial charge in [0.2, 0.25) is 0 Å². The van der Waals surface area contributed by atoms with Gasteiger partial charge in [-0.3, -0.25) is 0 Å². The molecule has 0 aliphatic rings. The predicted molar refractivity (Wildman–Crippen MR) is 98.1 cm³/mol. The molecular weight excluding hydrogens is 292 g/mol. The molecule has 1 aromatic heterocycles. The Bertz CT molecular complexity index is 593. The van der Waals surface area contributed by atoms with Gasteiger partial charge in [0.1, 0.15) is 0 Å². The van der Waals surface area contributed by atoms with Gasteiger partial charge >= 0.3 is 0 Å². The second-order valence-corrected chi connectivity index (χ2v) is 6.15. The molecule has 0 bridgehead atoms. The van der Waals surface area contributed by atoms with Crippen LogP contribution in [0, 0.1) is 20.8 Å². The zero-order chi connectivity index (χ0) is 16.7. The van der Waals surface area contributed by atoms with Crippen molar-refractivity contribution in [2.45, 2.75) is 47.6 Å². The topological polar surface area (TPSA) is 34.1 Å². The first-order chi connectivity index (χ1) is 10.5. The number of nitrogens with zero attached hydrogens (tertiary/aromatic N) is 1. The summed E-state index contributed by atoms with van der Waals surface area (Å²) in [7, 11) is 1.71. The summed E-state index contributed by atoms with van der Waals surface area (Å²) >= 11 is 1.64. The third kappa shape index (κ3) is 4.82. The molecule has 0 fully saturated rings. The van der Waals surface area contributed by atoms with Gasteiger partial charge in [0.25, 0.3) is 0 Å². The summed E-state index contributed by atoms with van der Waals surface area (Å²) in [5, 5.41) is 6.42. The molecule has 4 heteroatoms. The van der Waals surface area contributed by atoms with Crippen LogP contribution in [0.4, 0.5) is 5.13 Å². The van der Waals surface area contributed by atoms with Gasteiger partial charge in [-0.1, -0.05) is 19.9 Å². The summed E-state index contributed by atoms with van der Waals surface area (Å²) in [5.41, 5.74) is 6.17. The van der Waals surface area contributed by atoms with Crippen LogP contribution >= 0.6 is 11.3 Å². The Balaban J connectivity index is 0.00000116. The molecule has 0 radical (unpaired) electrons. The Morgan fingerprint density at radius 3 is 2.41 bits per heavy atom. The maximum atomic E-state index is 5.13. The van der Waals surface area contributed by atoms with Crippen LogP contribution in [0.25, 0.3) is 11.3 Å². The lowest BCUT2D eigenvalue weighted by atomic mass is 9.99. The lowest BCUT2D eigenvalue weighted by molar-refractivity contribution is 0.190. The molecule has 1 atom stereocenters. The van der Waals surface area contributed by atoms with E-state index in [2.05, 4.69) is 55.5 Å². The highest BCUT2D eigenvalue weighted by Crippen LogP contribution is 2.29. The molecule has 0 saturated carbocycles. The number of rotatable bonds is 5. The molecule has 1 aromatic carbocycles. The monoisotopic (exact) mass is 320 g/mol. The molecule has 22 heavy (non-hydrogen) atoms. The minimum absolute atomic E-state index is 0.264. The van der Waals surface area contributed by atoms with E-state index in [1.165, 1.54) is 22.3 Å². The minimum atomic E-state index is 0.264. The highest BCUT2D eigenvalue weighted by Gasteiger charge is 2.10. The third-order valence-electron chi connectivity index (χ3n) is 3.41. The van der Waals surface area contributed by atoms with E-state index >= 15 is 0 Å². The molecule has 2 aromatic rings. The van der Waals surface area contributed by atoms with Crippen molar-refractivity contribution >= 4 is 16.5 Å². The molecule has 1 N–H and O–H groups in total. The molecule has 122 valence electrons. The first-order valence-corrected chi connectivity index (χ1v) is 8.68. The number of thiazole rings is 1. The summed E-state index contributed by atoms with van der Waals surface area (Å²) in [6, 6.07) is 4.71. The van der Waals surface area contributed by atoms with Gasteiger partial charge < -0.3 is 10.1 Å². The van der Waals surface area contributed by atoms with Gasteiger partial charge in [-0.05, 0) is 50.5 Å². The van der Waals surface area contributed by atoms with E-state index in [1.54, 1.807) is 18.4 Å². The lowest BCUT2D eigenvalue weighted by Crippen LogP contribution is -2.20. The van der Waals surface area contributed by atoms with Crippen LogP contribution < -0.4 is 5.32 Å². The van der Waals surface area contributed by atoms with Crippen LogP contribution in [-0.2, 0) is 4.74 Å². The van der Waals surface area contributed by atoms with E-state index in [0.29, 0.717) is 6.61 Å². The average Bonchev–Trinajstić information content (AvgIpc) is 2.93. The van der Waals surface area contributed by atoms with Gasteiger partial charge in [0.15, 0.2) is 5.13 Å². The Hall–Kier alpha value is -1.39. The van der Waals surface area contributed by atoms with Crippen molar-refractivity contribution in [3.8, 4) is 11.3 Å². The van der Waals surface area contributed by atoms with Crippen LogP contribution in [0.2, 0.25) is 0 Å². The molecule has 0 spiro atoms. The fourth-order valence-corrected chi connectivity index (χ4v) is 3.03. The van der Waals surface area contributed by atoms with E-state index in [1.807, 2.05) is 13.8 Å². The highest BCUT2D eigenvalue weighted by atomic mass is 32.1. The largest absolute Gasteiger partial charge is 0.383 e. The number of aromatic nitrogens is 1. The zero-order valence-corrected chi connectivity index (χ0v) is 15.6. The molecule has 0 saturated heterocycles. The molecule has 2 rings (SSSR count). The second kappa shape index (κ2) is 8.91. The predicted octanol–water partition coefficient (Wildman–Crippen LogP) is 5.21. The number of hydrogen-bond donors (Lipinski definition) is 1. The number of aryl methyl sites for hydroxylation is 3. The molecule has 1 heterocycles. The quantitative estimate of drug-likeness (QED) is 0.821. The summed E-state index contributed by atoms with van der Waals surface area (Å²) in [6.45, 7) is 13.2. The second-order valence-electron chi connectivity index (χ2n) is 5.29. The zero-order valence-electron chi connectivity index (χ0n) is 14.8. The SMILES string of the molecule is CC.COCC(C)Nc1nc(-c2cc(C)c(C)cc2C)cs1. The molecule has 0 amide bonds. The summed E-state index contributed by atoms with van der Waals surface area (Å²) in [4.78, 5) is 4.69. The summed E-state index contributed by atoms with van der Waals surface area (Å²) < 4.78 is 5.13. The van der Waals surface area contributed by atoms with Crippen LogP contribution in [0.15, 0.2) is 17.5 Å². The number of anilines is 1. The van der Waals surface area contributed by atoms with E-state index in [9.17, 15) is 0 Å². The first-order valence-electron chi connectivity index (χ1n) is 7.80. The molecule has 0 aliphatic carbocycles. The molecule has 3 nitrogen and oxygen atoms in total. The Morgan fingerprint density at radius 1 is 1.14 bits per heavy atom. The van der Waals surface area contributed by atoms with Crippen LogP contribution in [0.1, 0.15) is 37.5 Å². The molecule has 1 unspecified atom stereocenters. The van der Waals surface area contributed by atoms with Crippen LogP contribution in [-0.4, -0.2) is 24.7 Å². The maximum absolute atomic E-state index is 5.13. The van der Waals surface area contributed by atoms with Crippen molar-refractivity contribution in [2.24, 2.45) is 0 Å². The van der Waals surface area contributed by atoms with E-state index in [0.717, 1.165) is 10.8 Å².